The van der Waals surface area contributed by atoms with E-state index in [1.807, 2.05) is 0 Å². The fourth-order valence-electron chi connectivity index (χ4n) is 1.53. The van der Waals surface area contributed by atoms with Crippen LogP contribution in [-0.4, -0.2) is 26.5 Å². The van der Waals surface area contributed by atoms with Crippen LogP contribution in [0.5, 0.6) is 0 Å². The Bertz CT molecular complexity index is 471. The molecule has 16 heavy (non-hydrogen) atoms. The molecule has 1 aromatic carbocycles. The maximum absolute atomic E-state index is 13.2. The Morgan fingerprint density at radius 2 is 2.06 bits per heavy atom. The number of benzene rings is 1. The van der Waals surface area contributed by atoms with Crippen LogP contribution in [0.2, 0.25) is 0 Å². The molecule has 0 aliphatic heterocycles. The summed E-state index contributed by atoms with van der Waals surface area (Å²) < 4.78 is 35.3. The largest absolute Gasteiger partial charge is 0.381 e. The van der Waals surface area contributed by atoms with Crippen molar-refractivity contribution in [3.8, 4) is 0 Å². The zero-order valence-corrected chi connectivity index (χ0v) is 10.4. The van der Waals surface area contributed by atoms with Crippen molar-refractivity contribution in [2.24, 2.45) is 0 Å². The minimum absolute atomic E-state index is 0.0307. The molecule has 90 valence electrons. The van der Waals surface area contributed by atoms with E-state index in [1.54, 1.807) is 26.0 Å². The molecule has 0 aliphatic rings. The third kappa shape index (κ3) is 3.81. The standard InChI is InChI=1S/C11H16FNO2S/c1-8(7-16(3,14)15)13-11-6-4-5-10(12)9(11)2/h4-6,8,13H,7H2,1-3H3. The van der Waals surface area contributed by atoms with Gasteiger partial charge in [-0.25, -0.2) is 12.8 Å². The van der Waals surface area contributed by atoms with Gasteiger partial charge in [-0.2, -0.15) is 0 Å². The Morgan fingerprint density at radius 1 is 1.44 bits per heavy atom. The lowest BCUT2D eigenvalue weighted by molar-refractivity contribution is 0.598. The van der Waals surface area contributed by atoms with Crippen LogP contribution >= 0.6 is 0 Å². The van der Waals surface area contributed by atoms with Crippen molar-refractivity contribution >= 4 is 15.5 Å². The van der Waals surface area contributed by atoms with Gasteiger partial charge in [0.05, 0.1) is 5.75 Å². The zero-order chi connectivity index (χ0) is 12.3. The second-order valence-corrected chi connectivity index (χ2v) is 6.24. The van der Waals surface area contributed by atoms with Gasteiger partial charge < -0.3 is 5.32 Å². The van der Waals surface area contributed by atoms with Crippen LogP contribution in [0.3, 0.4) is 0 Å². The number of anilines is 1. The Hall–Kier alpha value is -1.10. The number of hydrogen-bond donors (Lipinski definition) is 1. The minimum atomic E-state index is -3.02. The smallest absolute Gasteiger partial charge is 0.149 e. The lowest BCUT2D eigenvalue weighted by Gasteiger charge is -2.16. The van der Waals surface area contributed by atoms with Crippen molar-refractivity contribution in [2.45, 2.75) is 19.9 Å². The van der Waals surface area contributed by atoms with Gasteiger partial charge in [0, 0.05) is 23.5 Å². The van der Waals surface area contributed by atoms with Crippen molar-refractivity contribution < 1.29 is 12.8 Å². The summed E-state index contributed by atoms with van der Waals surface area (Å²) in [6.45, 7) is 3.41. The molecule has 0 heterocycles. The molecule has 0 amide bonds. The Labute approximate surface area is 95.6 Å². The summed E-state index contributed by atoms with van der Waals surface area (Å²) in [5.74, 6) is -0.264. The van der Waals surface area contributed by atoms with Crippen LogP contribution < -0.4 is 5.32 Å². The molecule has 0 saturated heterocycles. The molecular weight excluding hydrogens is 229 g/mol. The molecule has 1 atom stereocenters. The summed E-state index contributed by atoms with van der Waals surface area (Å²) in [5.41, 5.74) is 1.14. The van der Waals surface area contributed by atoms with E-state index in [4.69, 9.17) is 0 Å². The SMILES string of the molecule is Cc1c(F)cccc1NC(C)CS(C)(=O)=O. The Morgan fingerprint density at radius 3 is 2.62 bits per heavy atom. The van der Waals surface area contributed by atoms with Gasteiger partial charge in [0.2, 0.25) is 0 Å². The molecule has 0 aliphatic carbocycles. The molecule has 1 unspecified atom stereocenters. The van der Waals surface area contributed by atoms with Gasteiger partial charge in [-0.15, -0.1) is 0 Å². The average molecular weight is 245 g/mol. The molecule has 0 aromatic heterocycles. The first kappa shape index (κ1) is 13.0. The highest BCUT2D eigenvalue weighted by Crippen LogP contribution is 2.18. The average Bonchev–Trinajstić information content (AvgIpc) is 2.09. The Balaban J connectivity index is 2.77. The van der Waals surface area contributed by atoms with Crippen molar-refractivity contribution in [1.82, 2.24) is 0 Å². The van der Waals surface area contributed by atoms with E-state index >= 15 is 0 Å². The highest BCUT2D eigenvalue weighted by Gasteiger charge is 2.12. The summed E-state index contributed by atoms with van der Waals surface area (Å²) in [7, 11) is -3.02. The van der Waals surface area contributed by atoms with E-state index in [9.17, 15) is 12.8 Å². The molecule has 0 fully saturated rings. The maximum atomic E-state index is 13.2. The van der Waals surface area contributed by atoms with Gasteiger partial charge in [0.15, 0.2) is 0 Å². The molecule has 0 radical (unpaired) electrons. The van der Waals surface area contributed by atoms with Crippen LogP contribution in [0, 0.1) is 12.7 Å². The van der Waals surface area contributed by atoms with Crippen molar-refractivity contribution in [3.63, 3.8) is 0 Å². The zero-order valence-electron chi connectivity index (χ0n) is 9.62. The quantitative estimate of drug-likeness (QED) is 0.882. The molecule has 1 rings (SSSR count). The summed E-state index contributed by atoms with van der Waals surface area (Å²) in [5, 5.41) is 2.99. The third-order valence-corrected chi connectivity index (χ3v) is 3.33. The number of sulfone groups is 1. The highest BCUT2D eigenvalue weighted by atomic mass is 32.2. The second kappa shape index (κ2) is 4.82. The van der Waals surface area contributed by atoms with E-state index in [1.165, 1.54) is 12.3 Å². The highest BCUT2D eigenvalue weighted by molar-refractivity contribution is 7.90. The second-order valence-electron chi connectivity index (χ2n) is 4.05. The van der Waals surface area contributed by atoms with Crippen LogP contribution in [0.1, 0.15) is 12.5 Å². The summed E-state index contributed by atoms with van der Waals surface area (Å²) in [4.78, 5) is 0. The summed E-state index contributed by atoms with van der Waals surface area (Å²) in [6.07, 6.45) is 1.18. The first-order valence-electron chi connectivity index (χ1n) is 4.99. The van der Waals surface area contributed by atoms with Gasteiger partial charge in [0.1, 0.15) is 15.7 Å². The first-order chi connectivity index (χ1) is 7.29. The molecular formula is C11H16FNO2S. The van der Waals surface area contributed by atoms with E-state index in [-0.39, 0.29) is 17.6 Å². The third-order valence-electron chi connectivity index (χ3n) is 2.22. The van der Waals surface area contributed by atoms with E-state index in [0.29, 0.717) is 11.3 Å². The molecule has 0 saturated carbocycles. The first-order valence-corrected chi connectivity index (χ1v) is 7.05. The Kier molecular flexibility index (Phi) is 3.91. The lowest BCUT2D eigenvalue weighted by atomic mass is 10.2. The van der Waals surface area contributed by atoms with Crippen LogP contribution in [0.15, 0.2) is 18.2 Å². The van der Waals surface area contributed by atoms with Crippen molar-refractivity contribution in [1.29, 1.82) is 0 Å². The summed E-state index contributed by atoms with van der Waals surface area (Å²) >= 11 is 0. The normalized spacial score (nSPS) is 13.5. The topological polar surface area (TPSA) is 46.2 Å². The van der Waals surface area contributed by atoms with E-state index in [0.717, 1.165) is 0 Å². The molecule has 0 bridgehead atoms. The fraction of sp³-hybridized carbons (Fsp3) is 0.455. The van der Waals surface area contributed by atoms with Crippen molar-refractivity contribution in [2.75, 3.05) is 17.3 Å². The molecule has 5 heteroatoms. The maximum Gasteiger partial charge on any atom is 0.149 e. The molecule has 0 spiro atoms. The van der Waals surface area contributed by atoms with Gasteiger partial charge >= 0.3 is 0 Å². The van der Waals surface area contributed by atoms with Gasteiger partial charge in [-0.05, 0) is 26.0 Å². The molecule has 1 aromatic rings. The van der Waals surface area contributed by atoms with Gasteiger partial charge in [-0.3, -0.25) is 0 Å². The van der Waals surface area contributed by atoms with Crippen LogP contribution in [0.25, 0.3) is 0 Å². The number of halogens is 1. The van der Waals surface area contributed by atoms with Gasteiger partial charge in [0.25, 0.3) is 0 Å². The van der Waals surface area contributed by atoms with Crippen LogP contribution in [-0.2, 0) is 9.84 Å². The number of nitrogens with one attached hydrogen (secondary N) is 1. The number of hydrogen-bond acceptors (Lipinski definition) is 3. The predicted octanol–water partition coefficient (Wildman–Crippen LogP) is 1.98. The molecule has 1 N–H and O–H groups in total. The molecule has 3 nitrogen and oxygen atoms in total. The number of rotatable bonds is 4. The fourth-order valence-corrected chi connectivity index (χ4v) is 2.52. The monoisotopic (exact) mass is 245 g/mol. The summed E-state index contributed by atoms with van der Waals surface area (Å²) in [6, 6.07) is 4.46. The van der Waals surface area contributed by atoms with Crippen molar-refractivity contribution in [3.05, 3.63) is 29.6 Å². The van der Waals surface area contributed by atoms with Crippen LogP contribution in [0.4, 0.5) is 10.1 Å². The van der Waals surface area contributed by atoms with E-state index < -0.39 is 9.84 Å². The lowest BCUT2D eigenvalue weighted by Crippen LogP contribution is -2.25. The van der Waals surface area contributed by atoms with E-state index in [2.05, 4.69) is 5.32 Å². The minimum Gasteiger partial charge on any atom is -0.381 e. The predicted molar refractivity (Wildman–Crippen MR) is 63.9 cm³/mol. The van der Waals surface area contributed by atoms with Gasteiger partial charge in [-0.1, -0.05) is 6.07 Å².